The van der Waals surface area contributed by atoms with Gasteiger partial charge in [0.25, 0.3) is 0 Å². The third-order valence-electron chi connectivity index (χ3n) is 6.14. The zero-order valence-electron chi connectivity index (χ0n) is 20.9. The van der Waals surface area contributed by atoms with Crippen molar-refractivity contribution in [2.24, 2.45) is 11.8 Å². The van der Waals surface area contributed by atoms with Gasteiger partial charge in [-0.3, -0.25) is 9.59 Å². The molecule has 0 spiro atoms. The Labute approximate surface area is 197 Å². The Balaban J connectivity index is 1.81. The van der Waals surface area contributed by atoms with Crippen LogP contribution in [0.25, 0.3) is 5.69 Å². The fourth-order valence-corrected chi connectivity index (χ4v) is 3.71. The standard InChI is InChI=1S/C26H38N4O3/c1-18(2)14-15-29(25(32)19-8-7-9-19)17-24(31)27-23-16-22(26(3,4)5)28-30(23)20-10-12-21(33-6)13-11-20/h10-13,16,18-19H,7-9,14-15,17H2,1-6H3,(H,27,31). The van der Waals surface area contributed by atoms with E-state index in [-0.39, 0.29) is 29.7 Å². The summed E-state index contributed by atoms with van der Waals surface area (Å²) in [6.45, 7) is 11.2. The summed E-state index contributed by atoms with van der Waals surface area (Å²) in [5.74, 6) is 1.79. The number of benzene rings is 1. The minimum absolute atomic E-state index is 0.0562. The third-order valence-corrected chi connectivity index (χ3v) is 6.14. The zero-order valence-corrected chi connectivity index (χ0v) is 20.9. The van der Waals surface area contributed by atoms with Crippen molar-refractivity contribution in [2.75, 3.05) is 25.5 Å². The SMILES string of the molecule is COc1ccc(-n2nc(C(C)(C)C)cc2NC(=O)CN(CCC(C)C)C(=O)C2CCC2)cc1. The monoisotopic (exact) mass is 454 g/mol. The van der Waals surface area contributed by atoms with Gasteiger partial charge < -0.3 is 15.0 Å². The molecule has 2 amide bonds. The Kier molecular flexibility index (Phi) is 7.82. The van der Waals surface area contributed by atoms with Gasteiger partial charge in [-0.25, -0.2) is 4.68 Å². The molecule has 1 aromatic carbocycles. The van der Waals surface area contributed by atoms with Gasteiger partial charge in [0.05, 0.1) is 25.0 Å². The Morgan fingerprint density at radius 2 is 1.88 bits per heavy atom. The van der Waals surface area contributed by atoms with E-state index in [1.165, 1.54) is 0 Å². The number of nitrogens with one attached hydrogen (secondary N) is 1. The number of anilines is 1. The predicted molar refractivity (Wildman–Crippen MR) is 131 cm³/mol. The molecule has 180 valence electrons. The van der Waals surface area contributed by atoms with E-state index in [0.29, 0.717) is 18.3 Å². The van der Waals surface area contributed by atoms with E-state index in [4.69, 9.17) is 9.84 Å². The predicted octanol–water partition coefficient (Wildman–Crippen LogP) is 4.79. The van der Waals surface area contributed by atoms with E-state index in [1.807, 2.05) is 30.3 Å². The molecule has 1 N–H and O–H groups in total. The van der Waals surface area contributed by atoms with Crippen molar-refractivity contribution in [3.05, 3.63) is 36.0 Å². The fourth-order valence-electron chi connectivity index (χ4n) is 3.71. The molecule has 0 saturated heterocycles. The van der Waals surface area contributed by atoms with Crippen LogP contribution in [0.2, 0.25) is 0 Å². The number of ether oxygens (including phenoxy) is 1. The molecule has 0 unspecified atom stereocenters. The third kappa shape index (κ3) is 6.36. The average Bonchev–Trinajstić information content (AvgIpc) is 3.13. The lowest BCUT2D eigenvalue weighted by molar-refractivity contribution is -0.140. The number of hydrogen-bond donors (Lipinski definition) is 1. The van der Waals surface area contributed by atoms with Gasteiger partial charge in [0.1, 0.15) is 11.6 Å². The molecule has 1 aromatic heterocycles. The van der Waals surface area contributed by atoms with Crippen molar-refractivity contribution < 1.29 is 14.3 Å². The minimum Gasteiger partial charge on any atom is -0.497 e. The summed E-state index contributed by atoms with van der Waals surface area (Å²) in [5, 5.41) is 7.78. The van der Waals surface area contributed by atoms with Gasteiger partial charge in [0.2, 0.25) is 11.8 Å². The highest BCUT2D eigenvalue weighted by Gasteiger charge is 2.30. The summed E-state index contributed by atoms with van der Waals surface area (Å²) < 4.78 is 7.00. The van der Waals surface area contributed by atoms with E-state index in [9.17, 15) is 9.59 Å². The molecule has 0 aliphatic heterocycles. The number of hydrogen-bond acceptors (Lipinski definition) is 4. The maximum Gasteiger partial charge on any atom is 0.245 e. The van der Waals surface area contributed by atoms with E-state index >= 15 is 0 Å². The molecule has 33 heavy (non-hydrogen) atoms. The first-order valence-corrected chi connectivity index (χ1v) is 11.9. The topological polar surface area (TPSA) is 76.5 Å². The van der Waals surface area contributed by atoms with E-state index in [2.05, 4.69) is 39.9 Å². The summed E-state index contributed by atoms with van der Waals surface area (Å²) in [6, 6.07) is 9.45. The normalized spacial score (nSPS) is 14.2. The molecule has 1 aliphatic rings. The van der Waals surface area contributed by atoms with Crippen LogP contribution in [0.1, 0.15) is 66.0 Å². The highest BCUT2D eigenvalue weighted by Crippen LogP contribution is 2.29. The number of rotatable bonds is 9. The van der Waals surface area contributed by atoms with Crippen LogP contribution < -0.4 is 10.1 Å². The highest BCUT2D eigenvalue weighted by atomic mass is 16.5. The molecule has 7 nitrogen and oxygen atoms in total. The van der Waals surface area contributed by atoms with Gasteiger partial charge in [-0.05, 0) is 49.4 Å². The number of methoxy groups -OCH3 is 1. The zero-order chi connectivity index (χ0) is 24.2. The molecular weight excluding hydrogens is 416 g/mol. The molecule has 3 rings (SSSR count). The van der Waals surface area contributed by atoms with Crippen LogP contribution in [0.3, 0.4) is 0 Å². The molecule has 7 heteroatoms. The number of carbonyl (C=O) groups excluding carboxylic acids is 2. The summed E-state index contributed by atoms with van der Waals surface area (Å²) in [5.41, 5.74) is 1.51. The van der Waals surface area contributed by atoms with Crippen molar-refractivity contribution in [3.8, 4) is 11.4 Å². The van der Waals surface area contributed by atoms with Crippen molar-refractivity contribution in [3.63, 3.8) is 0 Å². The van der Waals surface area contributed by atoms with E-state index in [1.54, 1.807) is 16.7 Å². The van der Waals surface area contributed by atoms with Gasteiger partial charge >= 0.3 is 0 Å². The molecule has 0 radical (unpaired) electrons. The number of amides is 2. The Bertz CT molecular complexity index is 953. The summed E-state index contributed by atoms with van der Waals surface area (Å²) in [4.78, 5) is 27.7. The largest absolute Gasteiger partial charge is 0.497 e. The highest BCUT2D eigenvalue weighted by molar-refractivity contribution is 5.94. The van der Waals surface area contributed by atoms with Crippen LogP contribution >= 0.6 is 0 Å². The van der Waals surface area contributed by atoms with E-state index < -0.39 is 0 Å². The van der Waals surface area contributed by atoms with Crippen molar-refractivity contribution in [2.45, 2.75) is 65.7 Å². The van der Waals surface area contributed by atoms with Gasteiger partial charge in [0, 0.05) is 23.9 Å². The van der Waals surface area contributed by atoms with Crippen LogP contribution in [0.5, 0.6) is 5.75 Å². The van der Waals surface area contributed by atoms with Gasteiger partial charge in [-0.2, -0.15) is 5.10 Å². The van der Waals surface area contributed by atoms with E-state index in [0.717, 1.165) is 42.8 Å². The lowest BCUT2D eigenvalue weighted by Gasteiger charge is -2.31. The van der Waals surface area contributed by atoms with Crippen LogP contribution in [0.15, 0.2) is 30.3 Å². The fraction of sp³-hybridized carbons (Fsp3) is 0.577. The Morgan fingerprint density at radius 3 is 2.39 bits per heavy atom. The second-order valence-corrected chi connectivity index (χ2v) is 10.4. The van der Waals surface area contributed by atoms with Gasteiger partial charge in [-0.1, -0.05) is 41.0 Å². The number of aromatic nitrogens is 2. The van der Waals surface area contributed by atoms with Crippen molar-refractivity contribution in [1.82, 2.24) is 14.7 Å². The Hall–Kier alpha value is -2.83. The molecule has 1 heterocycles. The molecule has 0 bridgehead atoms. The maximum atomic E-state index is 13.1. The minimum atomic E-state index is -0.207. The first kappa shape index (κ1) is 24.8. The van der Waals surface area contributed by atoms with Crippen LogP contribution in [0.4, 0.5) is 5.82 Å². The summed E-state index contributed by atoms with van der Waals surface area (Å²) in [6.07, 6.45) is 3.83. The molecule has 0 atom stereocenters. The number of nitrogens with zero attached hydrogens (tertiary/aromatic N) is 3. The second-order valence-electron chi connectivity index (χ2n) is 10.4. The second kappa shape index (κ2) is 10.4. The molecule has 1 fully saturated rings. The van der Waals surface area contributed by atoms with Crippen LogP contribution in [0, 0.1) is 11.8 Å². The smallest absolute Gasteiger partial charge is 0.245 e. The van der Waals surface area contributed by atoms with Crippen molar-refractivity contribution in [1.29, 1.82) is 0 Å². The van der Waals surface area contributed by atoms with Crippen molar-refractivity contribution >= 4 is 17.6 Å². The van der Waals surface area contributed by atoms with Gasteiger partial charge in [-0.15, -0.1) is 0 Å². The van der Waals surface area contributed by atoms with Gasteiger partial charge in [0.15, 0.2) is 0 Å². The van der Waals surface area contributed by atoms with Crippen LogP contribution in [-0.2, 0) is 15.0 Å². The molecule has 2 aromatic rings. The first-order valence-electron chi connectivity index (χ1n) is 11.9. The number of carbonyl (C=O) groups is 2. The maximum absolute atomic E-state index is 13.1. The quantitative estimate of drug-likeness (QED) is 0.591. The molecule has 1 aliphatic carbocycles. The average molecular weight is 455 g/mol. The lowest BCUT2D eigenvalue weighted by Crippen LogP contribution is -2.44. The Morgan fingerprint density at radius 1 is 1.21 bits per heavy atom. The molecule has 1 saturated carbocycles. The summed E-state index contributed by atoms with van der Waals surface area (Å²) >= 11 is 0. The molecular formula is C26H38N4O3. The first-order chi connectivity index (χ1) is 15.6. The lowest BCUT2D eigenvalue weighted by atomic mass is 9.84. The van der Waals surface area contributed by atoms with Crippen LogP contribution in [-0.4, -0.2) is 46.7 Å². The summed E-state index contributed by atoms with van der Waals surface area (Å²) in [7, 11) is 1.63.